The minimum Gasteiger partial charge on any atom is -0.360 e. The van der Waals surface area contributed by atoms with Gasteiger partial charge in [0, 0.05) is 32.4 Å². The summed E-state index contributed by atoms with van der Waals surface area (Å²) >= 11 is 1.45. The van der Waals surface area contributed by atoms with Crippen LogP contribution in [0.15, 0.2) is 33.8 Å². The Morgan fingerprint density at radius 3 is 2.52 bits per heavy atom. The van der Waals surface area contributed by atoms with Crippen LogP contribution in [0.3, 0.4) is 0 Å². The molecule has 11 heteroatoms. The zero-order valence-electron chi connectivity index (χ0n) is 14.9. The second kappa shape index (κ2) is 6.98. The van der Waals surface area contributed by atoms with Crippen LogP contribution in [0.5, 0.6) is 0 Å². The predicted octanol–water partition coefficient (Wildman–Crippen LogP) is 1.72. The van der Waals surface area contributed by atoms with Crippen molar-refractivity contribution in [2.45, 2.75) is 18.7 Å². The fourth-order valence-corrected chi connectivity index (χ4v) is 5.61. The number of anilines is 1. The first-order valence-corrected chi connectivity index (χ1v) is 10.7. The molecule has 142 valence electrons. The lowest BCUT2D eigenvalue weighted by atomic mass is 10.4. The van der Waals surface area contributed by atoms with Crippen LogP contribution in [-0.2, 0) is 10.0 Å². The van der Waals surface area contributed by atoms with Crippen molar-refractivity contribution in [1.82, 2.24) is 24.6 Å². The van der Waals surface area contributed by atoms with Crippen LogP contribution in [0.2, 0.25) is 0 Å². The maximum atomic E-state index is 12.9. The van der Waals surface area contributed by atoms with Crippen molar-refractivity contribution < 1.29 is 12.9 Å². The predicted molar refractivity (Wildman–Crippen MR) is 100 cm³/mol. The molecule has 0 amide bonds. The summed E-state index contributed by atoms with van der Waals surface area (Å²) in [7, 11) is -3.62. The van der Waals surface area contributed by atoms with Gasteiger partial charge in [-0.05, 0) is 26.0 Å². The first-order valence-electron chi connectivity index (χ1n) is 8.39. The van der Waals surface area contributed by atoms with Gasteiger partial charge in [-0.3, -0.25) is 4.98 Å². The molecule has 0 spiro atoms. The standard InChI is InChI=1S/C16H18N6O3S2/c1-11-14(12(2)25-20-11)27(23,24)22-9-7-21(8-10-22)16-19-18-15(26-16)13-5-3-4-6-17-13/h3-6H,7-10H2,1-2H3. The Labute approximate surface area is 160 Å². The van der Waals surface area contributed by atoms with Crippen LogP contribution in [0, 0.1) is 13.8 Å². The number of aromatic nitrogens is 4. The van der Waals surface area contributed by atoms with E-state index in [0.29, 0.717) is 37.6 Å². The molecule has 0 atom stereocenters. The average molecular weight is 406 g/mol. The van der Waals surface area contributed by atoms with Crippen molar-refractivity contribution in [3.8, 4) is 10.7 Å². The van der Waals surface area contributed by atoms with Gasteiger partial charge in [0.25, 0.3) is 0 Å². The van der Waals surface area contributed by atoms with Gasteiger partial charge in [0.15, 0.2) is 10.8 Å². The number of pyridine rings is 1. The Kier molecular flexibility index (Phi) is 4.66. The molecule has 1 saturated heterocycles. The fraction of sp³-hybridized carbons (Fsp3) is 0.375. The maximum absolute atomic E-state index is 12.9. The van der Waals surface area contributed by atoms with Crippen molar-refractivity contribution in [2.24, 2.45) is 0 Å². The third kappa shape index (κ3) is 3.33. The van der Waals surface area contributed by atoms with E-state index in [4.69, 9.17) is 4.52 Å². The van der Waals surface area contributed by atoms with Crippen molar-refractivity contribution >= 4 is 26.5 Å². The lowest BCUT2D eigenvalue weighted by molar-refractivity contribution is 0.378. The minimum absolute atomic E-state index is 0.171. The molecule has 9 nitrogen and oxygen atoms in total. The minimum atomic E-state index is -3.62. The van der Waals surface area contributed by atoms with Crippen molar-refractivity contribution in [3.05, 3.63) is 35.9 Å². The highest BCUT2D eigenvalue weighted by Crippen LogP contribution is 2.29. The summed E-state index contributed by atoms with van der Waals surface area (Å²) in [6, 6.07) is 5.64. The van der Waals surface area contributed by atoms with E-state index in [0.717, 1.165) is 15.8 Å². The zero-order valence-corrected chi connectivity index (χ0v) is 16.5. The van der Waals surface area contributed by atoms with E-state index in [9.17, 15) is 8.42 Å². The normalized spacial score (nSPS) is 16.0. The number of rotatable bonds is 4. The molecule has 0 radical (unpaired) electrons. The second-order valence-corrected chi connectivity index (χ2v) is 8.98. The van der Waals surface area contributed by atoms with Crippen LogP contribution in [-0.4, -0.2) is 59.2 Å². The number of hydrogen-bond acceptors (Lipinski definition) is 9. The van der Waals surface area contributed by atoms with E-state index >= 15 is 0 Å². The second-order valence-electron chi connectivity index (χ2n) is 6.15. The highest BCUT2D eigenvalue weighted by atomic mass is 32.2. The average Bonchev–Trinajstić information content (AvgIpc) is 3.30. The van der Waals surface area contributed by atoms with Crippen LogP contribution in [0.4, 0.5) is 5.13 Å². The van der Waals surface area contributed by atoms with E-state index in [-0.39, 0.29) is 4.90 Å². The number of piperazine rings is 1. The van der Waals surface area contributed by atoms with Gasteiger partial charge < -0.3 is 9.42 Å². The molecule has 27 heavy (non-hydrogen) atoms. The summed E-state index contributed by atoms with van der Waals surface area (Å²) in [5.41, 5.74) is 1.17. The summed E-state index contributed by atoms with van der Waals surface area (Å²) in [6.07, 6.45) is 1.72. The molecule has 0 N–H and O–H groups in total. The number of nitrogens with zero attached hydrogens (tertiary/aromatic N) is 6. The summed E-state index contributed by atoms with van der Waals surface area (Å²) in [5, 5.41) is 13.7. The van der Waals surface area contributed by atoms with Gasteiger partial charge in [0.2, 0.25) is 15.2 Å². The van der Waals surface area contributed by atoms with E-state index < -0.39 is 10.0 Å². The molecule has 1 aliphatic rings. The molecule has 4 rings (SSSR count). The molecule has 0 bridgehead atoms. The monoisotopic (exact) mass is 406 g/mol. The van der Waals surface area contributed by atoms with Gasteiger partial charge in [-0.25, -0.2) is 8.42 Å². The lowest BCUT2D eigenvalue weighted by Gasteiger charge is -2.33. The fourth-order valence-electron chi connectivity index (χ4n) is 3.03. The number of aryl methyl sites for hydroxylation is 2. The number of hydrogen-bond donors (Lipinski definition) is 0. The largest absolute Gasteiger partial charge is 0.360 e. The third-order valence-corrected chi connectivity index (χ3v) is 7.52. The molecule has 3 aromatic rings. The van der Waals surface area contributed by atoms with Gasteiger partial charge in [-0.2, -0.15) is 4.31 Å². The van der Waals surface area contributed by atoms with Crippen molar-refractivity contribution in [2.75, 3.05) is 31.1 Å². The van der Waals surface area contributed by atoms with Gasteiger partial charge in [0.1, 0.15) is 16.3 Å². The summed E-state index contributed by atoms with van der Waals surface area (Å²) in [4.78, 5) is 6.50. The molecule has 0 saturated carbocycles. The summed E-state index contributed by atoms with van der Waals surface area (Å²) < 4.78 is 32.3. The van der Waals surface area contributed by atoms with Crippen LogP contribution < -0.4 is 4.90 Å². The third-order valence-electron chi connectivity index (χ3n) is 4.37. The van der Waals surface area contributed by atoms with Gasteiger partial charge in [-0.15, -0.1) is 10.2 Å². The lowest BCUT2D eigenvalue weighted by Crippen LogP contribution is -2.48. The van der Waals surface area contributed by atoms with Crippen LogP contribution in [0.25, 0.3) is 10.7 Å². The zero-order chi connectivity index (χ0) is 19.0. The van der Waals surface area contributed by atoms with Gasteiger partial charge >= 0.3 is 0 Å². The Bertz CT molecular complexity index is 1020. The van der Waals surface area contributed by atoms with Crippen molar-refractivity contribution in [1.29, 1.82) is 0 Å². The SMILES string of the molecule is Cc1noc(C)c1S(=O)(=O)N1CCN(c2nnc(-c3ccccn3)s2)CC1. The molecule has 0 unspecified atom stereocenters. The van der Waals surface area contributed by atoms with E-state index in [1.807, 2.05) is 23.1 Å². The maximum Gasteiger partial charge on any atom is 0.248 e. The Balaban J connectivity index is 1.48. The summed E-state index contributed by atoms with van der Waals surface area (Å²) in [5.74, 6) is 0.319. The van der Waals surface area contributed by atoms with Gasteiger partial charge in [-0.1, -0.05) is 22.6 Å². The molecule has 1 fully saturated rings. The summed E-state index contributed by atoms with van der Waals surface area (Å²) in [6.45, 7) is 5.07. The Hall–Kier alpha value is -2.37. The molecule has 3 aromatic heterocycles. The molecule has 0 aliphatic carbocycles. The smallest absolute Gasteiger partial charge is 0.248 e. The van der Waals surface area contributed by atoms with Gasteiger partial charge in [0.05, 0.1) is 0 Å². The molecular formula is C16H18N6O3S2. The van der Waals surface area contributed by atoms with Crippen molar-refractivity contribution in [3.63, 3.8) is 0 Å². The van der Waals surface area contributed by atoms with E-state index in [2.05, 4.69) is 20.3 Å². The van der Waals surface area contributed by atoms with E-state index in [1.165, 1.54) is 15.6 Å². The highest BCUT2D eigenvalue weighted by molar-refractivity contribution is 7.89. The van der Waals surface area contributed by atoms with E-state index in [1.54, 1.807) is 20.0 Å². The quantitative estimate of drug-likeness (QED) is 0.645. The first-order chi connectivity index (χ1) is 13.0. The molecule has 1 aliphatic heterocycles. The highest BCUT2D eigenvalue weighted by Gasteiger charge is 2.33. The molecule has 4 heterocycles. The molecule has 0 aromatic carbocycles. The molecular weight excluding hydrogens is 388 g/mol. The number of sulfonamides is 1. The Morgan fingerprint density at radius 2 is 1.89 bits per heavy atom. The van der Waals surface area contributed by atoms with Crippen LogP contribution >= 0.6 is 11.3 Å². The van der Waals surface area contributed by atoms with Crippen LogP contribution in [0.1, 0.15) is 11.5 Å². The first kappa shape index (κ1) is 18.0. The Morgan fingerprint density at radius 1 is 1.11 bits per heavy atom. The topological polar surface area (TPSA) is 105 Å².